The van der Waals surface area contributed by atoms with E-state index in [-0.39, 0.29) is 17.7 Å². The quantitative estimate of drug-likeness (QED) is 0.482. The van der Waals surface area contributed by atoms with Gasteiger partial charge in [-0.1, -0.05) is 24.3 Å². The van der Waals surface area contributed by atoms with Gasteiger partial charge in [0.25, 0.3) is 5.91 Å². The van der Waals surface area contributed by atoms with E-state index in [0.29, 0.717) is 43.0 Å². The van der Waals surface area contributed by atoms with Gasteiger partial charge in [0.15, 0.2) is 0 Å². The number of ether oxygens (including phenoxy) is 1. The van der Waals surface area contributed by atoms with Gasteiger partial charge >= 0.3 is 0 Å². The molecule has 0 unspecified atom stereocenters. The lowest BCUT2D eigenvalue weighted by Gasteiger charge is -2.31. The summed E-state index contributed by atoms with van der Waals surface area (Å²) in [6, 6.07) is 15.3. The van der Waals surface area contributed by atoms with Crippen LogP contribution in [-0.2, 0) is 4.79 Å². The van der Waals surface area contributed by atoms with E-state index in [0.717, 1.165) is 21.2 Å². The molecular weight excluding hydrogens is 412 g/mol. The van der Waals surface area contributed by atoms with E-state index in [2.05, 4.69) is 5.32 Å². The maximum Gasteiger partial charge on any atom is 0.263 e. The zero-order valence-electron chi connectivity index (χ0n) is 17.1. The number of hydrogen-bond donors (Lipinski definition) is 1. The molecule has 0 bridgehead atoms. The lowest BCUT2D eigenvalue weighted by molar-refractivity contribution is -0.121. The second-order valence-corrected chi connectivity index (χ2v) is 8.63. The smallest absolute Gasteiger partial charge is 0.263 e. The van der Waals surface area contributed by atoms with Crippen molar-refractivity contribution < 1.29 is 18.7 Å². The first-order valence-electron chi connectivity index (χ1n) is 10.3. The van der Waals surface area contributed by atoms with E-state index < -0.39 is 0 Å². The number of amides is 2. The number of fused-ring (bicyclic) bond motifs is 3. The van der Waals surface area contributed by atoms with Gasteiger partial charge in [0, 0.05) is 35.8 Å². The third-order valence-electron chi connectivity index (χ3n) is 5.84. The summed E-state index contributed by atoms with van der Waals surface area (Å²) in [6.45, 7) is 1.16. The average Bonchev–Trinajstić information content (AvgIpc) is 3.46. The van der Waals surface area contributed by atoms with Crippen molar-refractivity contribution in [3.05, 3.63) is 58.8 Å². The van der Waals surface area contributed by atoms with Crippen LogP contribution in [0.2, 0.25) is 0 Å². The molecule has 2 amide bonds. The number of rotatable bonds is 4. The molecule has 31 heavy (non-hydrogen) atoms. The van der Waals surface area contributed by atoms with Crippen LogP contribution in [0.3, 0.4) is 0 Å². The van der Waals surface area contributed by atoms with Gasteiger partial charge in [0.2, 0.25) is 5.91 Å². The Bertz CT molecular complexity index is 1250. The van der Waals surface area contributed by atoms with E-state index in [4.69, 9.17) is 9.15 Å². The van der Waals surface area contributed by atoms with E-state index in [9.17, 15) is 9.59 Å². The van der Waals surface area contributed by atoms with Gasteiger partial charge in [0.05, 0.1) is 17.7 Å². The number of thiophene rings is 1. The predicted molar refractivity (Wildman–Crippen MR) is 122 cm³/mol. The summed E-state index contributed by atoms with van der Waals surface area (Å²) in [7, 11) is 1.59. The number of carbonyl (C=O) groups is 2. The molecule has 6 nitrogen and oxygen atoms in total. The molecule has 2 aromatic carbocycles. The molecule has 5 rings (SSSR count). The van der Waals surface area contributed by atoms with Crippen LogP contribution in [0.15, 0.2) is 58.3 Å². The van der Waals surface area contributed by atoms with Crippen molar-refractivity contribution in [3.8, 4) is 5.75 Å². The first-order chi connectivity index (χ1) is 15.1. The second-order valence-electron chi connectivity index (χ2n) is 7.68. The number of para-hydroxylation sites is 1. The summed E-state index contributed by atoms with van der Waals surface area (Å²) in [5, 5.41) is 6.88. The predicted octanol–water partition coefficient (Wildman–Crippen LogP) is 5.15. The number of hydrogen-bond acceptors (Lipinski definition) is 5. The van der Waals surface area contributed by atoms with Gasteiger partial charge in [-0.15, -0.1) is 11.3 Å². The fourth-order valence-corrected chi connectivity index (χ4v) is 4.84. The van der Waals surface area contributed by atoms with Gasteiger partial charge in [-0.2, -0.15) is 0 Å². The summed E-state index contributed by atoms with van der Waals surface area (Å²) in [6.07, 6.45) is 1.27. The van der Waals surface area contributed by atoms with Crippen LogP contribution in [0.5, 0.6) is 5.75 Å². The number of nitrogens with one attached hydrogen (secondary N) is 1. The molecule has 1 fully saturated rings. The van der Waals surface area contributed by atoms with E-state index >= 15 is 0 Å². The van der Waals surface area contributed by atoms with Crippen molar-refractivity contribution in [1.82, 2.24) is 4.90 Å². The van der Waals surface area contributed by atoms with Crippen molar-refractivity contribution in [3.63, 3.8) is 0 Å². The van der Waals surface area contributed by atoms with Crippen LogP contribution in [0.25, 0.3) is 21.9 Å². The molecule has 0 radical (unpaired) electrons. The Morgan fingerprint density at radius 2 is 1.87 bits per heavy atom. The van der Waals surface area contributed by atoms with E-state index in [1.54, 1.807) is 7.11 Å². The van der Waals surface area contributed by atoms with Crippen LogP contribution in [0.1, 0.15) is 22.5 Å². The molecule has 0 saturated carbocycles. The minimum Gasteiger partial charge on any atom is -0.495 e. The molecule has 7 heteroatoms. The van der Waals surface area contributed by atoms with Crippen LogP contribution < -0.4 is 10.1 Å². The largest absolute Gasteiger partial charge is 0.495 e. The monoisotopic (exact) mass is 434 g/mol. The van der Waals surface area contributed by atoms with E-state index in [1.165, 1.54) is 11.3 Å². The molecule has 0 atom stereocenters. The molecule has 1 saturated heterocycles. The zero-order valence-corrected chi connectivity index (χ0v) is 17.9. The van der Waals surface area contributed by atoms with Crippen molar-refractivity contribution in [1.29, 1.82) is 0 Å². The highest BCUT2D eigenvalue weighted by Gasteiger charge is 2.28. The fourth-order valence-electron chi connectivity index (χ4n) is 4.15. The standard InChI is InChI=1S/C24H22N2O4S/c1-29-21-13-17-16-5-2-3-6-19(16)30-20(17)14-18(21)25-23(27)15-8-10-26(11-9-15)24(28)22-7-4-12-31-22/h2-7,12-15H,8-11H2,1H3,(H,25,27). The maximum absolute atomic E-state index is 13.0. The summed E-state index contributed by atoms with van der Waals surface area (Å²) in [4.78, 5) is 28.0. The first kappa shape index (κ1) is 19.6. The Morgan fingerprint density at radius 1 is 1.06 bits per heavy atom. The number of furan rings is 1. The van der Waals surface area contributed by atoms with Crippen LogP contribution in [0, 0.1) is 5.92 Å². The van der Waals surface area contributed by atoms with Gasteiger partial charge in [0.1, 0.15) is 16.9 Å². The highest BCUT2D eigenvalue weighted by atomic mass is 32.1. The summed E-state index contributed by atoms with van der Waals surface area (Å²) in [5.41, 5.74) is 2.09. The normalized spacial score (nSPS) is 14.8. The number of piperidine rings is 1. The third kappa shape index (κ3) is 3.65. The third-order valence-corrected chi connectivity index (χ3v) is 6.70. The Labute approximate surface area is 183 Å². The van der Waals surface area contributed by atoms with Gasteiger partial charge in [-0.05, 0) is 36.4 Å². The van der Waals surface area contributed by atoms with E-state index in [1.807, 2.05) is 58.8 Å². The lowest BCUT2D eigenvalue weighted by Crippen LogP contribution is -2.41. The summed E-state index contributed by atoms with van der Waals surface area (Å²) >= 11 is 1.45. The molecule has 0 spiro atoms. The molecule has 3 heterocycles. The SMILES string of the molecule is COc1cc2c(cc1NC(=O)C1CCN(C(=O)c3cccs3)CC1)oc1ccccc12. The second kappa shape index (κ2) is 8.07. The number of carbonyl (C=O) groups excluding carboxylic acids is 2. The molecule has 0 aliphatic carbocycles. The van der Waals surface area contributed by atoms with Crippen LogP contribution >= 0.6 is 11.3 Å². The van der Waals surface area contributed by atoms with Gasteiger partial charge < -0.3 is 19.4 Å². The molecular formula is C24H22N2O4S. The van der Waals surface area contributed by atoms with Crippen LogP contribution in [0.4, 0.5) is 5.69 Å². The fraction of sp³-hybridized carbons (Fsp3) is 0.250. The Morgan fingerprint density at radius 3 is 2.61 bits per heavy atom. The van der Waals surface area contributed by atoms with Gasteiger partial charge in [-0.25, -0.2) is 0 Å². The summed E-state index contributed by atoms with van der Waals surface area (Å²) in [5.74, 6) is 0.434. The number of likely N-dealkylation sites (tertiary alicyclic amines) is 1. The molecule has 4 aromatic rings. The molecule has 1 N–H and O–H groups in total. The Hall–Kier alpha value is -3.32. The number of methoxy groups -OCH3 is 1. The number of anilines is 1. The topological polar surface area (TPSA) is 71.8 Å². The van der Waals surface area contributed by atoms with Gasteiger partial charge in [-0.3, -0.25) is 9.59 Å². The molecule has 2 aromatic heterocycles. The van der Waals surface area contributed by atoms with Crippen molar-refractivity contribution >= 4 is 50.8 Å². The zero-order chi connectivity index (χ0) is 21.4. The summed E-state index contributed by atoms with van der Waals surface area (Å²) < 4.78 is 11.5. The van der Waals surface area contributed by atoms with Crippen molar-refractivity contribution in [2.45, 2.75) is 12.8 Å². The molecule has 1 aliphatic rings. The maximum atomic E-state index is 13.0. The van der Waals surface area contributed by atoms with Crippen molar-refractivity contribution in [2.75, 3.05) is 25.5 Å². The minimum atomic E-state index is -0.150. The van der Waals surface area contributed by atoms with Crippen LogP contribution in [-0.4, -0.2) is 36.9 Å². The lowest BCUT2D eigenvalue weighted by atomic mass is 9.95. The number of nitrogens with zero attached hydrogens (tertiary/aromatic N) is 1. The Balaban J connectivity index is 1.31. The first-order valence-corrected chi connectivity index (χ1v) is 11.1. The minimum absolute atomic E-state index is 0.0471. The Kier molecular flexibility index (Phi) is 5.11. The highest BCUT2D eigenvalue weighted by Crippen LogP contribution is 2.36. The van der Waals surface area contributed by atoms with Crippen molar-refractivity contribution in [2.24, 2.45) is 5.92 Å². The average molecular weight is 435 g/mol. The molecule has 1 aliphatic heterocycles. The highest BCUT2D eigenvalue weighted by molar-refractivity contribution is 7.12. The number of benzene rings is 2. The molecule has 158 valence electrons.